The summed E-state index contributed by atoms with van der Waals surface area (Å²) >= 11 is 0. The van der Waals surface area contributed by atoms with E-state index < -0.39 is 18.0 Å². The molecule has 2 N–H and O–H groups in total. The lowest BCUT2D eigenvalue weighted by Crippen LogP contribution is -2.51. The van der Waals surface area contributed by atoms with E-state index in [4.69, 9.17) is 4.74 Å². The van der Waals surface area contributed by atoms with E-state index in [-0.39, 0.29) is 25.1 Å². The van der Waals surface area contributed by atoms with Gasteiger partial charge >= 0.3 is 12.0 Å². The average Bonchev–Trinajstić information content (AvgIpc) is 2.93. The van der Waals surface area contributed by atoms with Crippen LogP contribution in [0.5, 0.6) is 0 Å². The molecule has 0 aliphatic carbocycles. The van der Waals surface area contributed by atoms with Gasteiger partial charge in [-0.1, -0.05) is 23.8 Å². The standard InChI is InChI=1S/C19H23N3O4/c1-10(2)20-15(23)8-22-14-9-26-18(24)16(14)17(21-19(22)25)13-7-11(3)5-6-12(13)4/h5-7,10,17H,8-9H2,1-4H3,(H,20,23)(H,21,25). The maximum atomic E-state index is 12.7. The Balaban J connectivity index is 1.98. The minimum atomic E-state index is -0.572. The number of nitrogens with one attached hydrogen (secondary N) is 2. The Labute approximate surface area is 152 Å². The van der Waals surface area contributed by atoms with E-state index in [0.29, 0.717) is 11.3 Å². The number of hydrogen-bond donors (Lipinski definition) is 2. The minimum Gasteiger partial charge on any atom is -0.456 e. The van der Waals surface area contributed by atoms with Gasteiger partial charge in [-0.25, -0.2) is 9.59 Å². The van der Waals surface area contributed by atoms with E-state index in [1.165, 1.54) is 4.90 Å². The van der Waals surface area contributed by atoms with Crippen molar-refractivity contribution in [3.05, 3.63) is 46.2 Å². The summed E-state index contributed by atoms with van der Waals surface area (Å²) in [5, 5.41) is 5.61. The van der Waals surface area contributed by atoms with Crippen molar-refractivity contribution in [2.24, 2.45) is 0 Å². The van der Waals surface area contributed by atoms with Crippen molar-refractivity contribution in [1.29, 1.82) is 0 Å². The summed E-state index contributed by atoms with van der Waals surface area (Å²) in [7, 11) is 0. The number of aryl methyl sites for hydroxylation is 2. The summed E-state index contributed by atoms with van der Waals surface area (Å²) in [4.78, 5) is 38.4. The molecule has 0 saturated heterocycles. The Morgan fingerprint density at radius 2 is 2.08 bits per heavy atom. The highest BCUT2D eigenvalue weighted by Crippen LogP contribution is 2.36. The van der Waals surface area contributed by atoms with Crippen LogP contribution in [0, 0.1) is 13.8 Å². The second-order valence-corrected chi connectivity index (χ2v) is 6.99. The van der Waals surface area contributed by atoms with Gasteiger partial charge < -0.3 is 15.4 Å². The Kier molecular flexibility index (Phi) is 4.71. The normalized spacial score (nSPS) is 19.4. The van der Waals surface area contributed by atoms with Gasteiger partial charge in [0.05, 0.1) is 17.3 Å². The Bertz CT molecular complexity index is 813. The fraction of sp³-hybridized carbons (Fsp3) is 0.421. The SMILES string of the molecule is Cc1ccc(C)c(C2NC(=O)N(CC(=O)NC(C)C)C3=C2C(=O)OC3)c1. The molecule has 1 unspecified atom stereocenters. The maximum absolute atomic E-state index is 12.7. The van der Waals surface area contributed by atoms with Crippen molar-refractivity contribution in [1.82, 2.24) is 15.5 Å². The third-order valence-electron chi connectivity index (χ3n) is 4.50. The summed E-state index contributed by atoms with van der Waals surface area (Å²) in [5.41, 5.74) is 3.72. The van der Waals surface area contributed by atoms with Gasteiger partial charge in [0.1, 0.15) is 13.2 Å². The molecule has 0 radical (unpaired) electrons. The third-order valence-corrected chi connectivity index (χ3v) is 4.50. The van der Waals surface area contributed by atoms with Crippen LogP contribution in [0.2, 0.25) is 0 Å². The maximum Gasteiger partial charge on any atom is 0.338 e. The van der Waals surface area contributed by atoms with E-state index in [9.17, 15) is 14.4 Å². The molecule has 0 fully saturated rings. The molecule has 26 heavy (non-hydrogen) atoms. The van der Waals surface area contributed by atoms with Crippen molar-refractivity contribution < 1.29 is 19.1 Å². The number of amides is 3. The molecule has 1 aromatic rings. The van der Waals surface area contributed by atoms with E-state index in [0.717, 1.165) is 16.7 Å². The number of rotatable bonds is 4. The van der Waals surface area contributed by atoms with E-state index in [2.05, 4.69) is 10.6 Å². The molecule has 138 valence electrons. The highest BCUT2D eigenvalue weighted by molar-refractivity contribution is 5.98. The molecular weight excluding hydrogens is 334 g/mol. The topological polar surface area (TPSA) is 87.7 Å². The number of ether oxygens (including phenoxy) is 1. The van der Waals surface area contributed by atoms with Crippen molar-refractivity contribution in [3.8, 4) is 0 Å². The van der Waals surface area contributed by atoms with Crippen LogP contribution >= 0.6 is 0 Å². The summed E-state index contributed by atoms with van der Waals surface area (Å²) in [6, 6.07) is 4.88. The van der Waals surface area contributed by atoms with Crippen molar-refractivity contribution in [2.75, 3.05) is 13.2 Å². The van der Waals surface area contributed by atoms with Crippen molar-refractivity contribution in [3.63, 3.8) is 0 Å². The van der Waals surface area contributed by atoms with Crippen LogP contribution in [-0.4, -0.2) is 42.0 Å². The van der Waals surface area contributed by atoms with Crippen LogP contribution in [-0.2, 0) is 14.3 Å². The fourth-order valence-electron chi connectivity index (χ4n) is 3.29. The molecule has 0 saturated carbocycles. The number of carbonyl (C=O) groups is 3. The Morgan fingerprint density at radius 3 is 2.77 bits per heavy atom. The minimum absolute atomic E-state index is 0.00207. The van der Waals surface area contributed by atoms with Crippen LogP contribution in [0.3, 0.4) is 0 Å². The van der Waals surface area contributed by atoms with Crippen LogP contribution in [0.25, 0.3) is 0 Å². The average molecular weight is 357 g/mol. The molecule has 0 aromatic heterocycles. The molecule has 7 heteroatoms. The summed E-state index contributed by atoms with van der Waals surface area (Å²) in [5.74, 6) is -0.744. The van der Waals surface area contributed by atoms with Gasteiger partial charge in [-0.05, 0) is 38.8 Å². The first-order chi connectivity index (χ1) is 12.3. The molecule has 1 aromatic carbocycles. The number of carbonyl (C=O) groups excluding carboxylic acids is 3. The van der Waals surface area contributed by atoms with Gasteiger partial charge in [0, 0.05) is 6.04 Å². The van der Waals surface area contributed by atoms with Crippen LogP contribution < -0.4 is 10.6 Å². The number of benzene rings is 1. The number of hydrogen-bond acceptors (Lipinski definition) is 4. The second kappa shape index (κ2) is 6.82. The number of nitrogens with zero attached hydrogens (tertiary/aromatic N) is 1. The molecule has 2 aliphatic rings. The second-order valence-electron chi connectivity index (χ2n) is 6.99. The van der Waals surface area contributed by atoms with Crippen LogP contribution in [0.1, 0.15) is 36.6 Å². The lowest BCUT2D eigenvalue weighted by Gasteiger charge is -2.33. The summed E-state index contributed by atoms with van der Waals surface area (Å²) < 4.78 is 5.18. The van der Waals surface area contributed by atoms with E-state index >= 15 is 0 Å². The predicted molar refractivity (Wildman–Crippen MR) is 95.2 cm³/mol. The zero-order valence-corrected chi connectivity index (χ0v) is 15.4. The quantitative estimate of drug-likeness (QED) is 0.803. The largest absolute Gasteiger partial charge is 0.456 e. The first kappa shape index (κ1) is 18.0. The van der Waals surface area contributed by atoms with Gasteiger partial charge in [-0.2, -0.15) is 0 Å². The molecule has 2 heterocycles. The molecule has 3 amide bonds. The molecule has 1 atom stereocenters. The van der Waals surface area contributed by atoms with Gasteiger partial charge in [0.2, 0.25) is 5.91 Å². The van der Waals surface area contributed by atoms with Crippen LogP contribution in [0.15, 0.2) is 29.5 Å². The smallest absolute Gasteiger partial charge is 0.338 e. The van der Waals surface area contributed by atoms with Gasteiger partial charge in [0.25, 0.3) is 0 Å². The molecule has 7 nitrogen and oxygen atoms in total. The third kappa shape index (κ3) is 3.29. The first-order valence-corrected chi connectivity index (χ1v) is 8.62. The van der Waals surface area contributed by atoms with Crippen molar-refractivity contribution in [2.45, 2.75) is 39.8 Å². The molecule has 0 spiro atoms. The summed E-state index contributed by atoms with van der Waals surface area (Å²) in [6.45, 7) is 7.43. The monoisotopic (exact) mass is 357 g/mol. The number of esters is 1. The Morgan fingerprint density at radius 1 is 1.35 bits per heavy atom. The van der Waals surface area contributed by atoms with Gasteiger partial charge in [0.15, 0.2) is 0 Å². The molecule has 2 aliphatic heterocycles. The fourth-order valence-corrected chi connectivity index (χ4v) is 3.29. The highest BCUT2D eigenvalue weighted by Gasteiger charge is 2.43. The molecule has 0 bridgehead atoms. The summed E-state index contributed by atoms with van der Waals surface area (Å²) in [6.07, 6.45) is 0. The first-order valence-electron chi connectivity index (χ1n) is 8.62. The van der Waals surface area contributed by atoms with E-state index in [1.54, 1.807) is 0 Å². The molecular formula is C19H23N3O4. The van der Waals surface area contributed by atoms with Gasteiger partial charge in [-0.3, -0.25) is 9.69 Å². The Hall–Kier alpha value is -2.83. The lowest BCUT2D eigenvalue weighted by atomic mass is 9.91. The lowest BCUT2D eigenvalue weighted by molar-refractivity contribution is -0.136. The zero-order chi connectivity index (χ0) is 19.0. The van der Waals surface area contributed by atoms with Crippen LogP contribution in [0.4, 0.5) is 4.79 Å². The van der Waals surface area contributed by atoms with E-state index in [1.807, 2.05) is 45.9 Å². The van der Waals surface area contributed by atoms with Gasteiger partial charge in [-0.15, -0.1) is 0 Å². The predicted octanol–water partition coefficient (Wildman–Crippen LogP) is 1.71. The highest BCUT2D eigenvalue weighted by atomic mass is 16.5. The zero-order valence-electron chi connectivity index (χ0n) is 15.4. The number of cyclic esters (lactones) is 1. The van der Waals surface area contributed by atoms with Crippen molar-refractivity contribution >= 4 is 17.9 Å². The molecule has 3 rings (SSSR count). The number of urea groups is 1.